The third-order valence-corrected chi connectivity index (χ3v) is 3.23. The van der Waals surface area contributed by atoms with Crippen LogP contribution in [0.5, 0.6) is 0 Å². The van der Waals surface area contributed by atoms with E-state index in [4.69, 9.17) is 4.74 Å². The number of aromatic nitrogens is 1. The monoisotopic (exact) mass is 268 g/mol. The molecule has 2 heterocycles. The van der Waals surface area contributed by atoms with Gasteiger partial charge in [0.2, 0.25) is 0 Å². The van der Waals surface area contributed by atoms with Crippen molar-refractivity contribution < 1.29 is 14.1 Å². The fourth-order valence-corrected chi connectivity index (χ4v) is 2.01. The molecule has 0 radical (unpaired) electrons. The highest BCUT2D eigenvalue weighted by Crippen LogP contribution is 2.15. The lowest BCUT2D eigenvalue weighted by Crippen LogP contribution is -2.55. The Morgan fingerprint density at radius 1 is 1.47 bits per heavy atom. The van der Waals surface area contributed by atoms with Crippen molar-refractivity contribution in [2.75, 3.05) is 38.2 Å². The second kappa shape index (κ2) is 6.03. The molecule has 1 aromatic heterocycles. The summed E-state index contributed by atoms with van der Waals surface area (Å²) in [5.41, 5.74) is -0.106. The maximum absolute atomic E-state index is 11.7. The van der Waals surface area contributed by atoms with Gasteiger partial charge in [-0.05, 0) is 13.8 Å². The highest BCUT2D eigenvalue weighted by Gasteiger charge is 2.28. The molecule has 0 aromatic carbocycles. The highest BCUT2D eigenvalue weighted by molar-refractivity contribution is 5.88. The number of ether oxygens (including phenoxy) is 1. The lowest BCUT2D eigenvalue weighted by molar-refractivity contribution is -0.00863. The second-order valence-electron chi connectivity index (χ2n) is 5.10. The van der Waals surface area contributed by atoms with Gasteiger partial charge in [0.15, 0.2) is 5.82 Å². The van der Waals surface area contributed by atoms with Crippen LogP contribution in [0.4, 0.5) is 10.6 Å². The minimum absolute atomic E-state index is 0.106. The van der Waals surface area contributed by atoms with Gasteiger partial charge in [-0.25, -0.2) is 4.79 Å². The molecule has 1 saturated heterocycles. The van der Waals surface area contributed by atoms with E-state index in [-0.39, 0.29) is 11.6 Å². The van der Waals surface area contributed by atoms with Crippen LogP contribution in [0.1, 0.15) is 13.8 Å². The largest absolute Gasteiger partial charge is 0.379 e. The normalized spacial score (nSPS) is 17.2. The average Bonchev–Trinajstić information content (AvgIpc) is 2.90. The third kappa shape index (κ3) is 3.93. The molecule has 0 saturated carbocycles. The number of amides is 2. The molecule has 1 aromatic rings. The number of rotatable bonds is 4. The van der Waals surface area contributed by atoms with Gasteiger partial charge in [0.1, 0.15) is 6.26 Å². The Hall–Kier alpha value is -1.60. The van der Waals surface area contributed by atoms with Gasteiger partial charge in [0.25, 0.3) is 0 Å². The van der Waals surface area contributed by atoms with E-state index in [2.05, 4.69) is 39.1 Å². The molecule has 1 aliphatic rings. The van der Waals surface area contributed by atoms with E-state index >= 15 is 0 Å². The number of nitrogens with one attached hydrogen (secondary N) is 2. The highest BCUT2D eigenvalue weighted by atomic mass is 16.5. The smallest absolute Gasteiger partial charge is 0.320 e. The van der Waals surface area contributed by atoms with E-state index in [0.717, 1.165) is 26.3 Å². The molecule has 2 amide bonds. The Balaban J connectivity index is 1.78. The molecule has 7 heteroatoms. The van der Waals surface area contributed by atoms with E-state index in [1.54, 1.807) is 6.07 Å². The minimum Gasteiger partial charge on any atom is -0.379 e. The number of urea groups is 1. The lowest BCUT2D eigenvalue weighted by atomic mass is 10.0. The summed E-state index contributed by atoms with van der Waals surface area (Å²) in [5, 5.41) is 9.06. The predicted octanol–water partition coefficient (Wildman–Crippen LogP) is 0.907. The Labute approximate surface area is 112 Å². The van der Waals surface area contributed by atoms with Gasteiger partial charge in [0.05, 0.1) is 13.2 Å². The van der Waals surface area contributed by atoms with Crippen molar-refractivity contribution in [2.24, 2.45) is 0 Å². The van der Waals surface area contributed by atoms with E-state index in [1.807, 2.05) is 0 Å². The van der Waals surface area contributed by atoms with Crippen LogP contribution in [0.15, 0.2) is 16.9 Å². The van der Waals surface area contributed by atoms with Gasteiger partial charge < -0.3 is 14.6 Å². The molecule has 106 valence electrons. The molecule has 1 aliphatic heterocycles. The lowest BCUT2D eigenvalue weighted by Gasteiger charge is -2.40. The zero-order valence-electron chi connectivity index (χ0n) is 11.3. The second-order valence-corrected chi connectivity index (χ2v) is 5.10. The number of hydrogen-bond donors (Lipinski definition) is 2. The first-order valence-corrected chi connectivity index (χ1v) is 6.36. The van der Waals surface area contributed by atoms with Gasteiger partial charge in [-0.15, -0.1) is 0 Å². The van der Waals surface area contributed by atoms with Gasteiger partial charge >= 0.3 is 6.03 Å². The summed E-state index contributed by atoms with van der Waals surface area (Å²) in [5.74, 6) is 0.404. The Morgan fingerprint density at radius 3 is 2.84 bits per heavy atom. The predicted molar refractivity (Wildman–Crippen MR) is 70.0 cm³/mol. The van der Waals surface area contributed by atoms with Gasteiger partial charge in [-0.3, -0.25) is 10.2 Å². The van der Waals surface area contributed by atoms with Gasteiger partial charge in [0, 0.05) is 31.2 Å². The van der Waals surface area contributed by atoms with Crippen LogP contribution in [-0.4, -0.2) is 54.5 Å². The molecule has 19 heavy (non-hydrogen) atoms. The summed E-state index contributed by atoms with van der Waals surface area (Å²) >= 11 is 0. The van der Waals surface area contributed by atoms with Crippen molar-refractivity contribution in [3.05, 3.63) is 12.3 Å². The molecule has 2 rings (SSSR count). The third-order valence-electron chi connectivity index (χ3n) is 3.23. The molecular weight excluding hydrogens is 248 g/mol. The average molecular weight is 268 g/mol. The van der Waals surface area contributed by atoms with Crippen LogP contribution in [0.2, 0.25) is 0 Å². The Bertz CT molecular complexity index is 399. The van der Waals surface area contributed by atoms with Crippen molar-refractivity contribution in [2.45, 2.75) is 19.4 Å². The number of carbonyl (C=O) groups excluding carboxylic acids is 1. The number of anilines is 1. The zero-order chi connectivity index (χ0) is 13.7. The molecule has 0 aliphatic carbocycles. The first-order valence-electron chi connectivity index (χ1n) is 6.36. The van der Waals surface area contributed by atoms with E-state index in [9.17, 15) is 4.79 Å². The summed E-state index contributed by atoms with van der Waals surface area (Å²) in [6.07, 6.45) is 1.41. The molecule has 0 unspecified atom stereocenters. The first-order chi connectivity index (χ1) is 9.08. The van der Waals surface area contributed by atoms with Crippen LogP contribution >= 0.6 is 0 Å². The summed E-state index contributed by atoms with van der Waals surface area (Å²) in [7, 11) is 0. The van der Waals surface area contributed by atoms with Crippen LogP contribution < -0.4 is 10.6 Å². The van der Waals surface area contributed by atoms with Crippen molar-refractivity contribution >= 4 is 11.8 Å². The molecule has 0 bridgehead atoms. The maximum Gasteiger partial charge on any atom is 0.320 e. The minimum atomic E-state index is -0.282. The molecule has 7 nitrogen and oxygen atoms in total. The number of hydrogen-bond acceptors (Lipinski definition) is 5. The van der Waals surface area contributed by atoms with Crippen molar-refractivity contribution in [3.63, 3.8) is 0 Å². The quantitative estimate of drug-likeness (QED) is 0.848. The first kappa shape index (κ1) is 13.8. The van der Waals surface area contributed by atoms with E-state index < -0.39 is 0 Å². The number of nitrogens with zero attached hydrogens (tertiary/aromatic N) is 2. The molecular formula is C12H20N4O3. The zero-order valence-corrected chi connectivity index (χ0v) is 11.3. The van der Waals surface area contributed by atoms with Crippen LogP contribution in [-0.2, 0) is 4.74 Å². The fraction of sp³-hybridized carbons (Fsp3) is 0.667. The van der Waals surface area contributed by atoms with Gasteiger partial charge in [-0.1, -0.05) is 5.16 Å². The van der Waals surface area contributed by atoms with Crippen molar-refractivity contribution in [1.82, 2.24) is 15.4 Å². The summed E-state index contributed by atoms with van der Waals surface area (Å²) in [6, 6.07) is 1.31. The molecule has 0 spiro atoms. The van der Waals surface area contributed by atoms with E-state index in [0.29, 0.717) is 12.4 Å². The molecule has 1 fully saturated rings. The van der Waals surface area contributed by atoms with Crippen LogP contribution in [0.25, 0.3) is 0 Å². The Morgan fingerprint density at radius 2 is 2.21 bits per heavy atom. The van der Waals surface area contributed by atoms with Crippen molar-refractivity contribution in [1.29, 1.82) is 0 Å². The molecule has 2 N–H and O–H groups in total. The van der Waals surface area contributed by atoms with E-state index in [1.165, 1.54) is 6.26 Å². The SMILES string of the molecule is CC(C)(CNC(=O)Nc1ccon1)N1CCOCC1. The summed E-state index contributed by atoms with van der Waals surface area (Å²) in [4.78, 5) is 14.0. The summed E-state index contributed by atoms with van der Waals surface area (Å²) in [6.45, 7) is 8.03. The summed E-state index contributed by atoms with van der Waals surface area (Å²) < 4.78 is 9.97. The van der Waals surface area contributed by atoms with Crippen LogP contribution in [0.3, 0.4) is 0 Å². The molecule has 0 atom stereocenters. The van der Waals surface area contributed by atoms with Crippen molar-refractivity contribution in [3.8, 4) is 0 Å². The number of morpholine rings is 1. The maximum atomic E-state index is 11.7. The standard InChI is InChI=1S/C12H20N4O3/c1-12(2,16-4-7-18-8-5-16)9-13-11(17)14-10-3-6-19-15-10/h3,6H,4-5,7-9H2,1-2H3,(H2,13,14,15,17). The Kier molecular flexibility index (Phi) is 4.39. The fourth-order valence-electron chi connectivity index (χ4n) is 2.01. The van der Waals surface area contributed by atoms with Crippen LogP contribution in [0, 0.1) is 0 Å². The number of carbonyl (C=O) groups is 1. The van der Waals surface area contributed by atoms with Gasteiger partial charge in [-0.2, -0.15) is 0 Å². The topological polar surface area (TPSA) is 79.6 Å².